The Bertz CT molecular complexity index is 650. The molecule has 0 aromatic heterocycles. The van der Waals surface area contributed by atoms with Crippen LogP contribution in [0.25, 0.3) is 0 Å². The third-order valence-corrected chi connectivity index (χ3v) is 4.71. The van der Waals surface area contributed by atoms with Gasteiger partial charge in [-0.3, -0.25) is 4.90 Å². The second kappa shape index (κ2) is 7.04. The molecular weight excluding hydrogens is 319 g/mol. The first kappa shape index (κ1) is 18.3. The van der Waals surface area contributed by atoms with Gasteiger partial charge in [0.2, 0.25) is 0 Å². The number of halogens is 1. The van der Waals surface area contributed by atoms with Gasteiger partial charge in [-0.25, -0.2) is 9.18 Å². The molecular formula is C20H29FN2O2. The maximum Gasteiger partial charge on any atom is 0.341 e. The lowest BCUT2D eigenvalue weighted by Crippen LogP contribution is -2.48. The zero-order chi connectivity index (χ0) is 18.2. The van der Waals surface area contributed by atoms with Gasteiger partial charge in [0.25, 0.3) is 0 Å². The van der Waals surface area contributed by atoms with Gasteiger partial charge in [0.15, 0.2) is 0 Å². The molecule has 1 N–H and O–H groups in total. The van der Waals surface area contributed by atoms with Crippen LogP contribution in [0.5, 0.6) is 0 Å². The van der Waals surface area contributed by atoms with Crippen LogP contribution in [0.15, 0.2) is 12.1 Å². The number of benzene rings is 1. The first-order valence-electron chi connectivity index (χ1n) is 9.24. The molecule has 1 aromatic carbocycles. The Morgan fingerprint density at radius 2 is 2.08 bits per heavy atom. The van der Waals surface area contributed by atoms with Crippen LogP contribution in [-0.2, 0) is 11.3 Å². The maximum absolute atomic E-state index is 14.6. The van der Waals surface area contributed by atoms with Gasteiger partial charge in [-0.2, -0.15) is 0 Å². The summed E-state index contributed by atoms with van der Waals surface area (Å²) in [6.45, 7) is 11.2. The average molecular weight is 348 g/mol. The van der Waals surface area contributed by atoms with Crippen molar-refractivity contribution in [1.82, 2.24) is 10.2 Å². The van der Waals surface area contributed by atoms with Crippen LogP contribution in [0.2, 0.25) is 0 Å². The lowest BCUT2D eigenvalue weighted by Gasteiger charge is -2.32. The SMILES string of the molecule is C[C@H]1CN(Cc2cc(F)c(C(=O)OC(C)(C)C)cc2C2CC2)CCN1. The molecule has 2 fully saturated rings. The molecule has 5 heteroatoms. The summed E-state index contributed by atoms with van der Waals surface area (Å²) in [7, 11) is 0. The number of nitrogens with one attached hydrogen (secondary N) is 1. The summed E-state index contributed by atoms with van der Waals surface area (Å²) in [5.74, 6) is -0.594. The normalized spacial score (nSPS) is 22.0. The molecule has 25 heavy (non-hydrogen) atoms. The quantitative estimate of drug-likeness (QED) is 0.846. The minimum absolute atomic E-state index is 0.0641. The van der Waals surface area contributed by atoms with Crippen molar-refractivity contribution in [2.45, 2.75) is 64.6 Å². The first-order chi connectivity index (χ1) is 11.7. The van der Waals surface area contributed by atoms with E-state index in [1.807, 2.05) is 0 Å². The van der Waals surface area contributed by atoms with Crippen molar-refractivity contribution >= 4 is 5.97 Å². The van der Waals surface area contributed by atoms with E-state index >= 15 is 0 Å². The minimum atomic E-state index is -0.626. The number of carbonyl (C=O) groups is 1. The van der Waals surface area contributed by atoms with E-state index < -0.39 is 17.4 Å². The summed E-state index contributed by atoms with van der Waals surface area (Å²) in [6, 6.07) is 3.74. The molecule has 1 aliphatic carbocycles. The Hall–Kier alpha value is -1.46. The van der Waals surface area contributed by atoms with Crippen LogP contribution in [0.3, 0.4) is 0 Å². The number of ether oxygens (including phenoxy) is 1. The molecule has 2 aliphatic rings. The van der Waals surface area contributed by atoms with E-state index in [-0.39, 0.29) is 5.56 Å². The van der Waals surface area contributed by atoms with Crippen molar-refractivity contribution in [2.24, 2.45) is 0 Å². The standard InChI is InChI=1S/C20H29FN2O2/c1-13-11-23(8-7-22-13)12-15-9-18(21)17(10-16(15)14-5-6-14)19(24)25-20(2,3)4/h9-10,13-14,22H,5-8,11-12H2,1-4H3/t13-/m0/s1. The van der Waals surface area contributed by atoms with Crippen LogP contribution in [0, 0.1) is 5.82 Å². The lowest BCUT2D eigenvalue weighted by atomic mass is 9.98. The molecule has 0 amide bonds. The Morgan fingerprint density at radius 1 is 1.36 bits per heavy atom. The van der Waals surface area contributed by atoms with Crippen LogP contribution in [0.4, 0.5) is 4.39 Å². The lowest BCUT2D eigenvalue weighted by molar-refractivity contribution is 0.00645. The first-order valence-corrected chi connectivity index (χ1v) is 9.24. The van der Waals surface area contributed by atoms with E-state index in [9.17, 15) is 9.18 Å². The number of esters is 1. The molecule has 1 saturated heterocycles. The number of piperazine rings is 1. The van der Waals surface area contributed by atoms with E-state index in [0.29, 0.717) is 12.0 Å². The Morgan fingerprint density at radius 3 is 2.68 bits per heavy atom. The zero-order valence-electron chi connectivity index (χ0n) is 15.7. The summed E-state index contributed by atoms with van der Waals surface area (Å²) in [6.07, 6.45) is 2.23. The van der Waals surface area contributed by atoms with E-state index in [1.165, 1.54) is 0 Å². The fourth-order valence-corrected chi connectivity index (χ4v) is 3.43. The highest BCUT2D eigenvalue weighted by Crippen LogP contribution is 2.43. The predicted octanol–water partition coefficient (Wildman–Crippen LogP) is 3.45. The average Bonchev–Trinajstić information content (AvgIpc) is 3.30. The summed E-state index contributed by atoms with van der Waals surface area (Å²) >= 11 is 0. The Kier molecular flexibility index (Phi) is 5.16. The van der Waals surface area contributed by atoms with E-state index in [2.05, 4.69) is 17.1 Å². The fraction of sp³-hybridized carbons (Fsp3) is 0.650. The molecule has 0 radical (unpaired) electrons. The molecule has 0 spiro atoms. The van der Waals surface area contributed by atoms with Gasteiger partial charge < -0.3 is 10.1 Å². The van der Waals surface area contributed by atoms with E-state index in [0.717, 1.165) is 50.1 Å². The predicted molar refractivity (Wildman–Crippen MR) is 96.3 cm³/mol. The molecule has 1 atom stereocenters. The Balaban J connectivity index is 1.84. The fourth-order valence-electron chi connectivity index (χ4n) is 3.43. The van der Waals surface area contributed by atoms with Crippen LogP contribution in [-0.4, -0.2) is 42.1 Å². The van der Waals surface area contributed by atoms with Gasteiger partial charge in [-0.1, -0.05) is 0 Å². The van der Waals surface area contributed by atoms with Crippen molar-refractivity contribution < 1.29 is 13.9 Å². The van der Waals surface area contributed by atoms with Gasteiger partial charge in [0, 0.05) is 32.2 Å². The topological polar surface area (TPSA) is 41.6 Å². The van der Waals surface area contributed by atoms with Gasteiger partial charge in [-0.15, -0.1) is 0 Å². The highest BCUT2D eigenvalue weighted by molar-refractivity contribution is 5.90. The largest absolute Gasteiger partial charge is 0.456 e. The number of hydrogen-bond acceptors (Lipinski definition) is 4. The smallest absolute Gasteiger partial charge is 0.341 e. The highest BCUT2D eigenvalue weighted by Gasteiger charge is 2.30. The van der Waals surface area contributed by atoms with Crippen molar-refractivity contribution in [3.05, 3.63) is 34.6 Å². The third kappa shape index (κ3) is 4.79. The Labute approximate surface area is 149 Å². The number of hydrogen-bond donors (Lipinski definition) is 1. The molecule has 3 rings (SSSR count). The van der Waals surface area contributed by atoms with Crippen molar-refractivity contribution in [3.63, 3.8) is 0 Å². The molecule has 0 bridgehead atoms. The van der Waals surface area contributed by atoms with Crippen LogP contribution < -0.4 is 5.32 Å². The van der Waals surface area contributed by atoms with Gasteiger partial charge in [0.05, 0.1) is 5.56 Å². The van der Waals surface area contributed by atoms with Gasteiger partial charge in [-0.05, 0) is 69.7 Å². The van der Waals surface area contributed by atoms with Crippen LogP contribution in [0.1, 0.15) is 67.9 Å². The number of carbonyl (C=O) groups excluding carboxylic acids is 1. The summed E-state index contributed by atoms with van der Waals surface area (Å²) < 4.78 is 20.0. The van der Waals surface area contributed by atoms with E-state index in [1.54, 1.807) is 32.9 Å². The molecule has 1 heterocycles. The third-order valence-electron chi connectivity index (χ3n) is 4.71. The zero-order valence-corrected chi connectivity index (χ0v) is 15.7. The van der Waals surface area contributed by atoms with Gasteiger partial charge in [0.1, 0.15) is 11.4 Å². The molecule has 1 aromatic rings. The summed E-state index contributed by atoms with van der Waals surface area (Å²) in [5, 5.41) is 3.43. The molecule has 1 saturated carbocycles. The van der Waals surface area contributed by atoms with Crippen LogP contribution >= 0.6 is 0 Å². The van der Waals surface area contributed by atoms with Crippen molar-refractivity contribution in [3.8, 4) is 0 Å². The summed E-state index contributed by atoms with van der Waals surface area (Å²) in [5.41, 5.74) is 1.57. The van der Waals surface area contributed by atoms with Crippen molar-refractivity contribution in [2.75, 3.05) is 19.6 Å². The molecule has 4 nitrogen and oxygen atoms in total. The molecule has 0 unspecified atom stereocenters. The second-order valence-corrected chi connectivity index (χ2v) is 8.40. The second-order valence-electron chi connectivity index (χ2n) is 8.40. The summed E-state index contributed by atoms with van der Waals surface area (Å²) in [4.78, 5) is 14.7. The molecule has 1 aliphatic heterocycles. The number of nitrogens with zero attached hydrogens (tertiary/aromatic N) is 1. The van der Waals surface area contributed by atoms with E-state index in [4.69, 9.17) is 4.74 Å². The maximum atomic E-state index is 14.6. The van der Waals surface area contributed by atoms with Crippen molar-refractivity contribution in [1.29, 1.82) is 0 Å². The monoisotopic (exact) mass is 348 g/mol. The van der Waals surface area contributed by atoms with Gasteiger partial charge >= 0.3 is 5.97 Å². The minimum Gasteiger partial charge on any atom is -0.456 e. The highest BCUT2D eigenvalue weighted by atomic mass is 19.1. The number of rotatable bonds is 4. The molecule has 138 valence electrons.